The van der Waals surface area contributed by atoms with Gasteiger partial charge in [0.2, 0.25) is 10.0 Å². The van der Waals surface area contributed by atoms with Gasteiger partial charge in [-0.15, -0.1) is 11.3 Å². The van der Waals surface area contributed by atoms with Crippen LogP contribution in [0, 0.1) is 6.92 Å². The van der Waals surface area contributed by atoms with Gasteiger partial charge in [-0.1, -0.05) is 42.5 Å². The average Bonchev–Trinajstić information content (AvgIpc) is 3.10. The third kappa shape index (κ3) is 5.26. The second-order valence-corrected chi connectivity index (χ2v) is 10.5. The fraction of sp³-hybridized carbons (Fsp3) is 0.318. The van der Waals surface area contributed by atoms with Gasteiger partial charge in [0.1, 0.15) is 11.1 Å². The van der Waals surface area contributed by atoms with Crippen LogP contribution in [0.25, 0.3) is 11.3 Å². The third-order valence-corrected chi connectivity index (χ3v) is 6.62. The zero-order chi connectivity index (χ0) is 21.1. The van der Waals surface area contributed by atoms with Gasteiger partial charge in [0.15, 0.2) is 0 Å². The highest BCUT2D eigenvalue weighted by molar-refractivity contribution is 7.92. The normalized spacial score (nSPS) is 17.7. The molecule has 3 aromatic rings. The van der Waals surface area contributed by atoms with E-state index in [-0.39, 0.29) is 6.10 Å². The Bertz CT molecular complexity index is 1100. The quantitative estimate of drug-likeness (QED) is 0.622. The standard InChI is InChI=1S/C22H25N3O3S2/c1-16-21(18-8-10-19(11-9-18)24-30(2,26)27)23-22(29-16)20-15-25(12-13-28-20)14-17-6-4-3-5-7-17/h3-11,20,24H,12-15H2,1-2H3. The van der Waals surface area contributed by atoms with Crippen LogP contribution in [0.15, 0.2) is 54.6 Å². The van der Waals surface area contributed by atoms with Gasteiger partial charge in [0.25, 0.3) is 0 Å². The lowest BCUT2D eigenvalue weighted by Gasteiger charge is -2.32. The van der Waals surface area contributed by atoms with Crippen LogP contribution in [0.3, 0.4) is 0 Å². The van der Waals surface area contributed by atoms with Gasteiger partial charge in [0, 0.05) is 35.8 Å². The number of morpholine rings is 1. The molecule has 0 spiro atoms. The summed E-state index contributed by atoms with van der Waals surface area (Å²) < 4.78 is 31.3. The van der Waals surface area contributed by atoms with Crippen LogP contribution in [0.1, 0.15) is 21.6 Å². The van der Waals surface area contributed by atoms with Crippen molar-refractivity contribution in [1.82, 2.24) is 9.88 Å². The smallest absolute Gasteiger partial charge is 0.229 e. The summed E-state index contributed by atoms with van der Waals surface area (Å²) in [5.74, 6) is 0. The first-order chi connectivity index (χ1) is 14.4. The lowest BCUT2D eigenvalue weighted by atomic mass is 10.1. The Morgan fingerprint density at radius 1 is 1.17 bits per heavy atom. The van der Waals surface area contributed by atoms with Crippen molar-refractivity contribution in [2.45, 2.75) is 19.6 Å². The molecule has 0 amide bonds. The number of nitrogens with one attached hydrogen (secondary N) is 1. The molecule has 0 aliphatic carbocycles. The van der Waals surface area contributed by atoms with Crippen molar-refractivity contribution < 1.29 is 13.2 Å². The molecular weight excluding hydrogens is 418 g/mol. The maximum Gasteiger partial charge on any atom is 0.229 e. The van der Waals surface area contributed by atoms with E-state index >= 15 is 0 Å². The fourth-order valence-electron chi connectivity index (χ4n) is 3.57. The number of aromatic nitrogens is 1. The lowest BCUT2D eigenvalue weighted by Crippen LogP contribution is -2.37. The summed E-state index contributed by atoms with van der Waals surface area (Å²) in [6.07, 6.45) is 1.11. The largest absolute Gasteiger partial charge is 0.368 e. The molecule has 1 saturated heterocycles. The number of nitrogens with zero attached hydrogens (tertiary/aromatic N) is 2. The maximum atomic E-state index is 11.4. The summed E-state index contributed by atoms with van der Waals surface area (Å²) >= 11 is 1.66. The minimum absolute atomic E-state index is 0.0360. The van der Waals surface area contributed by atoms with Crippen LogP contribution in [-0.4, -0.2) is 44.3 Å². The molecule has 2 heterocycles. The summed E-state index contributed by atoms with van der Waals surface area (Å²) in [6.45, 7) is 5.39. The number of ether oxygens (including phenoxy) is 1. The van der Waals surface area contributed by atoms with Gasteiger partial charge < -0.3 is 4.74 Å². The molecule has 8 heteroatoms. The predicted molar refractivity (Wildman–Crippen MR) is 121 cm³/mol. The second-order valence-electron chi connectivity index (χ2n) is 7.49. The minimum atomic E-state index is -3.29. The first-order valence-electron chi connectivity index (χ1n) is 9.81. The van der Waals surface area contributed by atoms with E-state index < -0.39 is 10.0 Å². The number of thiazole rings is 1. The van der Waals surface area contributed by atoms with Gasteiger partial charge >= 0.3 is 0 Å². The van der Waals surface area contributed by atoms with Gasteiger partial charge in [-0.2, -0.15) is 0 Å². The molecule has 1 N–H and O–H groups in total. The Balaban J connectivity index is 1.48. The Morgan fingerprint density at radius 3 is 2.60 bits per heavy atom. The summed E-state index contributed by atoms with van der Waals surface area (Å²) in [5, 5.41) is 0.985. The van der Waals surface area contributed by atoms with E-state index in [2.05, 4.69) is 40.8 Å². The topological polar surface area (TPSA) is 71.5 Å². The third-order valence-electron chi connectivity index (χ3n) is 4.95. The Hall–Kier alpha value is -2.26. The highest BCUT2D eigenvalue weighted by Crippen LogP contribution is 2.34. The van der Waals surface area contributed by atoms with Crippen molar-refractivity contribution in [3.05, 3.63) is 70.0 Å². The van der Waals surface area contributed by atoms with E-state index in [9.17, 15) is 8.42 Å². The number of hydrogen-bond donors (Lipinski definition) is 1. The second kappa shape index (κ2) is 8.85. The lowest BCUT2D eigenvalue weighted by molar-refractivity contribution is -0.0329. The Labute approximate surface area is 181 Å². The molecule has 0 bridgehead atoms. The van der Waals surface area contributed by atoms with Crippen LogP contribution < -0.4 is 4.72 Å². The van der Waals surface area contributed by atoms with Crippen molar-refractivity contribution >= 4 is 27.0 Å². The molecule has 1 aliphatic heterocycles. The molecule has 1 aliphatic rings. The van der Waals surface area contributed by atoms with Crippen LogP contribution in [0.4, 0.5) is 5.69 Å². The van der Waals surface area contributed by atoms with Crippen molar-refractivity contribution in [3.8, 4) is 11.3 Å². The SMILES string of the molecule is Cc1sc(C2CN(Cc3ccccc3)CCO2)nc1-c1ccc(NS(C)(=O)=O)cc1. The molecule has 0 saturated carbocycles. The van der Waals surface area contributed by atoms with Gasteiger partial charge in [-0.05, 0) is 24.6 Å². The molecule has 6 nitrogen and oxygen atoms in total. The molecule has 1 fully saturated rings. The van der Waals surface area contributed by atoms with E-state index in [1.54, 1.807) is 23.5 Å². The Morgan fingerprint density at radius 2 is 1.90 bits per heavy atom. The van der Waals surface area contributed by atoms with Crippen LogP contribution in [0.2, 0.25) is 0 Å². The van der Waals surface area contributed by atoms with Gasteiger partial charge in [-0.25, -0.2) is 13.4 Å². The predicted octanol–water partition coefficient (Wildman–Crippen LogP) is 4.06. The molecule has 1 atom stereocenters. The molecule has 30 heavy (non-hydrogen) atoms. The first kappa shape index (κ1) is 21.0. The fourth-order valence-corrected chi connectivity index (χ4v) is 5.12. The number of anilines is 1. The maximum absolute atomic E-state index is 11.4. The first-order valence-corrected chi connectivity index (χ1v) is 12.5. The summed E-state index contributed by atoms with van der Waals surface area (Å²) in [6, 6.07) is 17.8. The number of sulfonamides is 1. The summed E-state index contributed by atoms with van der Waals surface area (Å²) in [4.78, 5) is 8.41. The Kier molecular flexibility index (Phi) is 6.19. The van der Waals surface area contributed by atoms with E-state index in [1.807, 2.05) is 18.2 Å². The monoisotopic (exact) mass is 443 g/mol. The van der Waals surface area contributed by atoms with Gasteiger partial charge in [-0.3, -0.25) is 9.62 Å². The molecule has 4 rings (SSSR count). The van der Waals surface area contributed by atoms with Crippen molar-refractivity contribution in [2.75, 3.05) is 30.7 Å². The van der Waals surface area contributed by atoms with E-state index in [1.165, 1.54) is 5.56 Å². The highest BCUT2D eigenvalue weighted by atomic mass is 32.2. The van der Waals surface area contributed by atoms with E-state index in [4.69, 9.17) is 9.72 Å². The van der Waals surface area contributed by atoms with Crippen molar-refractivity contribution in [1.29, 1.82) is 0 Å². The van der Waals surface area contributed by atoms with Crippen molar-refractivity contribution in [3.63, 3.8) is 0 Å². The molecule has 2 aromatic carbocycles. The average molecular weight is 444 g/mol. The summed E-state index contributed by atoms with van der Waals surface area (Å²) in [7, 11) is -3.29. The van der Waals surface area contributed by atoms with E-state index in [0.29, 0.717) is 12.3 Å². The molecule has 1 aromatic heterocycles. The van der Waals surface area contributed by atoms with Gasteiger partial charge in [0.05, 0.1) is 18.6 Å². The highest BCUT2D eigenvalue weighted by Gasteiger charge is 2.25. The molecule has 0 radical (unpaired) electrons. The molecule has 158 valence electrons. The van der Waals surface area contributed by atoms with Crippen LogP contribution >= 0.6 is 11.3 Å². The van der Waals surface area contributed by atoms with Crippen LogP contribution in [0.5, 0.6) is 0 Å². The number of benzene rings is 2. The zero-order valence-electron chi connectivity index (χ0n) is 17.0. The number of hydrogen-bond acceptors (Lipinski definition) is 6. The minimum Gasteiger partial charge on any atom is -0.368 e. The number of aryl methyl sites for hydroxylation is 1. The number of rotatable bonds is 6. The molecular formula is C22H25N3O3S2. The van der Waals surface area contributed by atoms with Crippen LogP contribution in [-0.2, 0) is 21.3 Å². The van der Waals surface area contributed by atoms with Crippen molar-refractivity contribution in [2.24, 2.45) is 0 Å². The van der Waals surface area contributed by atoms with E-state index in [0.717, 1.165) is 47.0 Å². The molecule has 1 unspecified atom stereocenters. The summed E-state index contributed by atoms with van der Waals surface area (Å²) in [5.41, 5.74) is 3.73. The zero-order valence-corrected chi connectivity index (χ0v) is 18.7.